The first-order chi connectivity index (χ1) is 8.64. The van der Waals surface area contributed by atoms with E-state index in [0.717, 1.165) is 5.56 Å². The van der Waals surface area contributed by atoms with Gasteiger partial charge in [-0.05, 0) is 32.4 Å². The Labute approximate surface area is 114 Å². The van der Waals surface area contributed by atoms with Gasteiger partial charge in [0.05, 0.1) is 0 Å². The van der Waals surface area contributed by atoms with Gasteiger partial charge in [0.1, 0.15) is 17.4 Å². The summed E-state index contributed by atoms with van der Waals surface area (Å²) in [4.78, 5) is 14.5. The molecule has 0 fully saturated rings. The first kappa shape index (κ1) is 15.1. The third kappa shape index (κ3) is 4.66. The first-order valence-electron chi connectivity index (χ1n) is 6.20. The molecule has 0 unspecified atom stereocenters. The Bertz CT molecular complexity index is 490. The van der Waals surface area contributed by atoms with Crippen molar-refractivity contribution in [2.45, 2.75) is 45.6 Å². The van der Waals surface area contributed by atoms with Gasteiger partial charge in [-0.15, -0.1) is 0 Å². The van der Waals surface area contributed by atoms with Gasteiger partial charge in [0.15, 0.2) is 0 Å². The maximum atomic E-state index is 11.6. The van der Waals surface area contributed by atoms with Gasteiger partial charge in [-0.25, -0.2) is 4.79 Å². The van der Waals surface area contributed by atoms with Crippen LogP contribution >= 0.6 is 0 Å². The summed E-state index contributed by atoms with van der Waals surface area (Å²) < 4.78 is 5.19. The van der Waals surface area contributed by atoms with Gasteiger partial charge in [0, 0.05) is 18.2 Å². The molecule has 2 N–H and O–H groups in total. The molecule has 1 amide bonds. The van der Waals surface area contributed by atoms with Crippen LogP contribution in [0, 0.1) is 11.3 Å². The molecule has 104 valence electrons. The topological polar surface area (TPSA) is 77.9 Å². The molecule has 5 nitrogen and oxygen atoms in total. The maximum Gasteiger partial charge on any atom is 0.407 e. The molecule has 1 aromatic rings. The Morgan fingerprint density at radius 3 is 2.53 bits per heavy atom. The van der Waals surface area contributed by atoms with Gasteiger partial charge in [0.2, 0.25) is 0 Å². The summed E-state index contributed by atoms with van der Waals surface area (Å²) in [5.41, 5.74) is 0.708. The number of carbonyl (C=O) groups is 1. The second-order valence-corrected chi connectivity index (χ2v) is 6.15. The van der Waals surface area contributed by atoms with Crippen molar-refractivity contribution in [3.05, 3.63) is 23.5 Å². The third-order valence-electron chi connectivity index (χ3n) is 2.66. The number of nitrogens with zero attached hydrogens (tertiary/aromatic N) is 1. The van der Waals surface area contributed by atoms with Crippen LogP contribution in [0.5, 0.6) is 0 Å². The van der Waals surface area contributed by atoms with Crippen molar-refractivity contribution in [3.63, 3.8) is 0 Å². The number of amides is 1. The SMILES string of the molecule is CC(C)(C)OC(=O)NCC(C)(C)c1c[nH]c(C#N)c1. The van der Waals surface area contributed by atoms with E-state index in [4.69, 9.17) is 10.00 Å². The van der Waals surface area contributed by atoms with Gasteiger partial charge in [-0.3, -0.25) is 0 Å². The molecule has 0 bridgehead atoms. The van der Waals surface area contributed by atoms with Crippen molar-refractivity contribution in [2.24, 2.45) is 0 Å². The number of nitrogens with one attached hydrogen (secondary N) is 2. The molecule has 0 spiro atoms. The number of H-pyrrole nitrogens is 1. The second-order valence-electron chi connectivity index (χ2n) is 6.15. The van der Waals surface area contributed by atoms with Crippen LogP contribution in [0.2, 0.25) is 0 Å². The van der Waals surface area contributed by atoms with Crippen molar-refractivity contribution in [2.75, 3.05) is 6.54 Å². The molecule has 1 rings (SSSR count). The fraction of sp³-hybridized carbons (Fsp3) is 0.571. The molecule has 0 saturated heterocycles. The lowest BCUT2D eigenvalue weighted by Gasteiger charge is -2.26. The maximum absolute atomic E-state index is 11.6. The van der Waals surface area contributed by atoms with Gasteiger partial charge in [-0.1, -0.05) is 13.8 Å². The molecule has 0 aliphatic rings. The van der Waals surface area contributed by atoms with Crippen LogP contribution in [-0.2, 0) is 10.2 Å². The summed E-state index contributed by atoms with van der Waals surface area (Å²) in [5, 5.41) is 11.5. The van der Waals surface area contributed by atoms with E-state index in [1.54, 1.807) is 12.3 Å². The molecule has 1 heterocycles. The number of rotatable bonds is 3. The summed E-state index contributed by atoms with van der Waals surface area (Å²) in [6.45, 7) is 9.89. The van der Waals surface area contributed by atoms with Crippen LogP contribution in [0.1, 0.15) is 45.9 Å². The zero-order valence-corrected chi connectivity index (χ0v) is 12.1. The highest BCUT2D eigenvalue weighted by Crippen LogP contribution is 2.23. The lowest BCUT2D eigenvalue weighted by Crippen LogP contribution is -2.39. The van der Waals surface area contributed by atoms with Gasteiger partial charge < -0.3 is 15.0 Å². The Morgan fingerprint density at radius 2 is 2.05 bits per heavy atom. The van der Waals surface area contributed by atoms with Crippen LogP contribution in [0.15, 0.2) is 12.3 Å². The van der Waals surface area contributed by atoms with E-state index in [2.05, 4.69) is 10.3 Å². The predicted octanol–water partition coefficient (Wildman–Crippen LogP) is 2.69. The summed E-state index contributed by atoms with van der Waals surface area (Å²) in [6, 6.07) is 3.84. The second kappa shape index (κ2) is 5.35. The van der Waals surface area contributed by atoms with E-state index in [0.29, 0.717) is 12.2 Å². The fourth-order valence-electron chi connectivity index (χ4n) is 1.56. The molecule has 1 aromatic heterocycles. The number of hydrogen-bond acceptors (Lipinski definition) is 3. The fourth-order valence-corrected chi connectivity index (χ4v) is 1.56. The molecule has 0 radical (unpaired) electrons. The van der Waals surface area contributed by atoms with Crippen LogP contribution < -0.4 is 5.32 Å². The number of aromatic nitrogens is 1. The van der Waals surface area contributed by atoms with Crippen LogP contribution in [0.25, 0.3) is 0 Å². The highest BCUT2D eigenvalue weighted by Gasteiger charge is 2.24. The average Bonchev–Trinajstić information content (AvgIpc) is 2.73. The Kier molecular flexibility index (Phi) is 4.25. The van der Waals surface area contributed by atoms with E-state index in [1.807, 2.05) is 40.7 Å². The predicted molar refractivity (Wildman–Crippen MR) is 72.8 cm³/mol. The smallest absolute Gasteiger partial charge is 0.407 e. The van der Waals surface area contributed by atoms with Crippen molar-refractivity contribution in [1.29, 1.82) is 5.26 Å². The summed E-state index contributed by atoms with van der Waals surface area (Å²) in [5.74, 6) is 0. The molecule has 19 heavy (non-hydrogen) atoms. The van der Waals surface area contributed by atoms with Crippen molar-refractivity contribution in [1.82, 2.24) is 10.3 Å². The van der Waals surface area contributed by atoms with Crippen molar-refractivity contribution in [3.8, 4) is 6.07 Å². The molecular weight excluding hydrogens is 242 g/mol. The Balaban J connectivity index is 2.61. The molecule has 0 saturated carbocycles. The van der Waals surface area contributed by atoms with Crippen LogP contribution in [0.3, 0.4) is 0 Å². The quantitative estimate of drug-likeness (QED) is 0.880. The average molecular weight is 263 g/mol. The van der Waals surface area contributed by atoms with Crippen LogP contribution in [-0.4, -0.2) is 23.2 Å². The van der Waals surface area contributed by atoms with E-state index in [-0.39, 0.29) is 5.41 Å². The molecule has 0 atom stereocenters. The summed E-state index contributed by atoms with van der Waals surface area (Å²) in [6.07, 6.45) is 1.35. The summed E-state index contributed by atoms with van der Waals surface area (Å²) >= 11 is 0. The molecule has 0 aliphatic heterocycles. The minimum atomic E-state index is -0.504. The minimum absolute atomic E-state index is 0.275. The van der Waals surface area contributed by atoms with E-state index in [1.165, 1.54) is 0 Å². The van der Waals surface area contributed by atoms with Gasteiger partial charge in [-0.2, -0.15) is 5.26 Å². The minimum Gasteiger partial charge on any atom is -0.444 e. The largest absolute Gasteiger partial charge is 0.444 e. The monoisotopic (exact) mass is 263 g/mol. The van der Waals surface area contributed by atoms with Crippen molar-refractivity contribution < 1.29 is 9.53 Å². The lowest BCUT2D eigenvalue weighted by molar-refractivity contribution is 0.0517. The van der Waals surface area contributed by atoms with E-state index in [9.17, 15) is 4.79 Å². The highest BCUT2D eigenvalue weighted by molar-refractivity contribution is 5.67. The number of ether oxygens (including phenoxy) is 1. The third-order valence-corrected chi connectivity index (χ3v) is 2.66. The zero-order chi connectivity index (χ0) is 14.7. The van der Waals surface area contributed by atoms with Crippen LogP contribution in [0.4, 0.5) is 4.79 Å². The van der Waals surface area contributed by atoms with E-state index < -0.39 is 11.7 Å². The zero-order valence-electron chi connectivity index (χ0n) is 12.1. The van der Waals surface area contributed by atoms with Gasteiger partial charge >= 0.3 is 6.09 Å². The number of nitriles is 1. The number of alkyl carbamates (subject to hydrolysis) is 1. The Hall–Kier alpha value is -1.96. The normalized spacial score (nSPS) is 11.8. The number of hydrogen-bond donors (Lipinski definition) is 2. The standard InChI is InChI=1S/C14H21N3O2/c1-13(2,3)19-12(18)17-9-14(4,5)10-6-11(7-15)16-8-10/h6,8,16H,9H2,1-5H3,(H,17,18). The summed E-state index contributed by atoms with van der Waals surface area (Å²) in [7, 11) is 0. The molecule has 0 aliphatic carbocycles. The molecule has 5 heteroatoms. The molecular formula is C14H21N3O2. The van der Waals surface area contributed by atoms with E-state index >= 15 is 0 Å². The number of aromatic amines is 1. The van der Waals surface area contributed by atoms with Gasteiger partial charge in [0.25, 0.3) is 0 Å². The number of carbonyl (C=O) groups excluding carboxylic acids is 1. The van der Waals surface area contributed by atoms with Crippen molar-refractivity contribution >= 4 is 6.09 Å². The molecule has 0 aromatic carbocycles. The lowest BCUT2D eigenvalue weighted by atomic mass is 9.86. The highest BCUT2D eigenvalue weighted by atomic mass is 16.6. The Morgan fingerprint density at radius 1 is 1.42 bits per heavy atom. The first-order valence-corrected chi connectivity index (χ1v) is 6.20.